The van der Waals surface area contributed by atoms with E-state index in [0.717, 1.165) is 29.7 Å². The van der Waals surface area contributed by atoms with Crippen LogP contribution >= 0.6 is 0 Å². The zero-order valence-electron chi connectivity index (χ0n) is 14.9. The molecule has 3 rings (SSSR count). The third-order valence-corrected chi connectivity index (χ3v) is 4.47. The Labute approximate surface area is 148 Å². The summed E-state index contributed by atoms with van der Waals surface area (Å²) in [5, 5.41) is 5.97. The van der Waals surface area contributed by atoms with Crippen LogP contribution in [0.3, 0.4) is 0 Å². The van der Waals surface area contributed by atoms with Gasteiger partial charge in [0, 0.05) is 22.9 Å². The number of nitrogens with one attached hydrogen (secondary N) is 2. The van der Waals surface area contributed by atoms with E-state index in [2.05, 4.69) is 24.5 Å². The largest absolute Gasteiger partial charge is 0.349 e. The minimum atomic E-state index is -0.197. The molecule has 0 heterocycles. The second kappa shape index (κ2) is 7.09. The number of amides is 2. The zero-order chi connectivity index (χ0) is 18.0. The van der Waals surface area contributed by atoms with Crippen molar-refractivity contribution in [3.8, 4) is 0 Å². The molecule has 4 heteroatoms. The summed E-state index contributed by atoms with van der Waals surface area (Å²) in [4.78, 5) is 24.9. The molecule has 130 valence electrons. The van der Waals surface area contributed by atoms with E-state index in [-0.39, 0.29) is 11.8 Å². The first kappa shape index (κ1) is 17.2. The summed E-state index contributed by atoms with van der Waals surface area (Å²) >= 11 is 0. The number of carbonyl (C=O) groups is 2. The number of hydrogen-bond donors (Lipinski definition) is 2. The summed E-state index contributed by atoms with van der Waals surface area (Å²) in [6.07, 6.45) is 2.08. The predicted molar refractivity (Wildman–Crippen MR) is 100 cm³/mol. The van der Waals surface area contributed by atoms with Gasteiger partial charge >= 0.3 is 0 Å². The van der Waals surface area contributed by atoms with Crippen LogP contribution in [0.1, 0.15) is 64.4 Å². The second-order valence-electron chi connectivity index (χ2n) is 6.98. The second-order valence-corrected chi connectivity index (χ2v) is 6.98. The Hall–Kier alpha value is -2.62. The summed E-state index contributed by atoms with van der Waals surface area (Å²) in [7, 11) is 0. The Morgan fingerprint density at radius 2 is 1.64 bits per heavy atom. The van der Waals surface area contributed by atoms with Gasteiger partial charge in [-0.15, -0.1) is 0 Å². The third kappa shape index (κ3) is 4.08. The van der Waals surface area contributed by atoms with Crippen molar-refractivity contribution >= 4 is 17.5 Å². The van der Waals surface area contributed by atoms with Gasteiger partial charge in [-0.05, 0) is 55.0 Å². The monoisotopic (exact) mass is 336 g/mol. The van der Waals surface area contributed by atoms with Crippen molar-refractivity contribution in [2.24, 2.45) is 0 Å². The number of hydrogen-bond acceptors (Lipinski definition) is 2. The van der Waals surface area contributed by atoms with Gasteiger partial charge in [-0.1, -0.05) is 38.1 Å². The van der Waals surface area contributed by atoms with Crippen LogP contribution in [0, 0.1) is 6.92 Å². The lowest BCUT2D eigenvalue weighted by Gasteiger charge is -2.16. The molecule has 0 bridgehead atoms. The van der Waals surface area contributed by atoms with E-state index in [1.807, 2.05) is 25.1 Å². The first-order chi connectivity index (χ1) is 12.0. The molecule has 1 fully saturated rings. The van der Waals surface area contributed by atoms with E-state index < -0.39 is 0 Å². The molecule has 0 spiro atoms. The molecular formula is C21H24N2O2. The molecule has 0 saturated heterocycles. The molecule has 2 aromatic carbocycles. The third-order valence-electron chi connectivity index (χ3n) is 4.47. The van der Waals surface area contributed by atoms with E-state index in [1.165, 1.54) is 0 Å². The summed E-state index contributed by atoms with van der Waals surface area (Å²) < 4.78 is 0. The molecule has 1 saturated carbocycles. The molecule has 25 heavy (non-hydrogen) atoms. The van der Waals surface area contributed by atoms with E-state index >= 15 is 0 Å². The van der Waals surface area contributed by atoms with E-state index in [9.17, 15) is 9.59 Å². The fraction of sp³-hybridized carbons (Fsp3) is 0.333. The van der Waals surface area contributed by atoms with Gasteiger partial charge in [-0.25, -0.2) is 0 Å². The highest BCUT2D eigenvalue weighted by molar-refractivity contribution is 6.06. The van der Waals surface area contributed by atoms with Crippen molar-refractivity contribution in [1.82, 2.24) is 5.32 Å². The fourth-order valence-electron chi connectivity index (χ4n) is 2.83. The normalized spacial score (nSPS) is 13.6. The van der Waals surface area contributed by atoms with E-state index in [1.54, 1.807) is 24.3 Å². The van der Waals surface area contributed by atoms with Crippen LogP contribution in [0.5, 0.6) is 0 Å². The van der Waals surface area contributed by atoms with Gasteiger partial charge in [0.1, 0.15) is 0 Å². The molecule has 4 nitrogen and oxygen atoms in total. The summed E-state index contributed by atoms with van der Waals surface area (Å²) in [5.41, 5.74) is 4.00. The zero-order valence-corrected chi connectivity index (χ0v) is 14.9. The standard InChI is InChI=1S/C21H24N2O2/c1-13(2)18-9-4-6-14(3)19(18)23-21(25)16-8-5-7-15(12-16)20(24)22-17-10-11-17/h4-9,12-13,17H,10-11H2,1-3H3,(H,22,24)(H,23,25). The molecule has 1 aliphatic rings. The maximum absolute atomic E-state index is 12.7. The fourth-order valence-corrected chi connectivity index (χ4v) is 2.83. The lowest BCUT2D eigenvalue weighted by Crippen LogP contribution is -2.25. The molecule has 0 atom stereocenters. The van der Waals surface area contributed by atoms with Crippen LogP contribution in [0.25, 0.3) is 0 Å². The highest BCUT2D eigenvalue weighted by Gasteiger charge is 2.24. The number of rotatable bonds is 5. The average molecular weight is 336 g/mol. The summed E-state index contributed by atoms with van der Waals surface area (Å²) in [6, 6.07) is 13.2. The van der Waals surface area contributed by atoms with Crippen LogP contribution < -0.4 is 10.6 Å². The van der Waals surface area contributed by atoms with Gasteiger partial charge in [0.05, 0.1) is 0 Å². The van der Waals surface area contributed by atoms with Crippen LogP contribution in [0.2, 0.25) is 0 Å². The quantitative estimate of drug-likeness (QED) is 0.857. The van der Waals surface area contributed by atoms with Gasteiger partial charge in [0.2, 0.25) is 0 Å². The van der Waals surface area contributed by atoms with Gasteiger partial charge in [-0.2, -0.15) is 0 Å². The lowest BCUT2D eigenvalue weighted by molar-refractivity contribution is 0.0951. The number of para-hydroxylation sites is 1. The first-order valence-electron chi connectivity index (χ1n) is 8.77. The maximum atomic E-state index is 12.7. The van der Waals surface area contributed by atoms with Crippen molar-refractivity contribution in [3.05, 3.63) is 64.7 Å². The van der Waals surface area contributed by atoms with Crippen LogP contribution in [0.15, 0.2) is 42.5 Å². The van der Waals surface area contributed by atoms with Crippen LogP contribution in [-0.2, 0) is 0 Å². The highest BCUT2D eigenvalue weighted by Crippen LogP contribution is 2.28. The molecule has 0 radical (unpaired) electrons. The smallest absolute Gasteiger partial charge is 0.255 e. The molecular weight excluding hydrogens is 312 g/mol. The van der Waals surface area contributed by atoms with Crippen molar-refractivity contribution in [2.75, 3.05) is 5.32 Å². The maximum Gasteiger partial charge on any atom is 0.255 e. The van der Waals surface area contributed by atoms with E-state index in [4.69, 9.17) is 0 Å². The molecule has 0 unspecified atom stereocenters. The summed E-state index contributed by atoms with van der Waals surface area (Å²) in [5.74, 6) is -0.000892. The molecule has 0 aliphatic heterocycles. The molecule has 1 aliphatic carbocycles. The minimum absolute atomic E-state index is 0.115. The Bertz CT molecular complexity index is 807. The van der Waals surface area contributed by atoms with Gasteiger partial charge in [0.25, 0.3) is 11.8 Å². The average Bonchev–Trinajstić information content (AvgIpc) is 3.40. The first-order valence-corrected chi connectivity index (χ1v) is 8.77. The van der Waals surface area contributed by atoms with Crippen molar-refractivity contribution in [1.29, 1.82) is 0 Å². The van der Waals surface area contributed by atoms with Crippen molar-refractivity contribution in [3.63, 3.8) is 0 Å². The summed E-state index contributed by atoms with van der Waals surface area (Å²) in [6.45, 7) is 6.20. The Morgan fingerprint density at radius 1 is 1.00 bits per heavy atom. The Morgan fingerprint density at radius 3 is 2.28 bits per heavy atom. The van der Waals surface area contributed by atoms with E-state index in [0.29, 0.717) is 23.1 Å². The SMILES string of the molecule is Cc1cccc(C(C)C)c1NC(=O)c1cccc(C(=O)NC2CC2)c1. The van der Waals surface area contributed by atoms with Gasteiger partial charge < -0.3 is 10.6 Å². The number of benzene rings is 2. The highest BCUT2D eigenvalue weighted by atomic mass is 16.2. The number of aryl methyl sites for hydroxylation is 1. The van der Waals surface area contributed by atoms with Crippen LogP contribution in [0.4, 0.5) is 5.69 Å². The molecule has 0 aromatic heterocycles. The molecule has 2 amide bonds. The topological polar surface area (TPSA) is 58.2 Å². The molecule has 2 aromatic rings. The van der Waals surface area contributed by atoms with Crippen LogP contribution in [-0.4, -0.2) is 17.9 Å². The van der Waals surface area contributed by atoms with Gasteiger partial charge in [-0.3, -0.25) is 9.59 Å². The number of carbonyl (C=O) groups excluding carboxylic acids is 2. The predicted octanol–water partition coefficient (Wildman–Crippen LogP) is 4.26. The minimum Gasteiger partial charge on any atom is -0.349 e. The molecule has 2 N–H and O–H groups in total. The van der Waals surface area contributed by atoms with Gasteiger partial charge in [0.15, 0.2) is 0 Å². The lowest BCUT2D eigenvalue weighted by atomic mass is 9.98. The Balaban J connectivity index is 1.81. The number of anilines is 1. The van der Waals surface area contributed by atoms with Crippen molar-refractivity contribution < 1.29 is 9.59 Å². The van der Waals surface area contributed by atoms with Crippen molar-refractivity contribution in [2.45, 2.75) is 45.6 Å². The Kier molecular flexibility index (Phi) is 4.88.